The summed E-state index contributed by atoms with van der Waals surface area (Å²) in [7, 11) is 1.51. The fraction of sp³-hybridized carbons (Fsp3) is 0.0952. The van der Waals surface area contributed by atoms with Crippen LogP contribution < -0.4 is 9.64 Å². The number of aromatic nitrogens is 2. The second-order valence-electron chi connectivity index (χ2n) is 6.14. The number of rotatable bonds is 5. The van der Waals surface area contributed by atoms with Gasteiger partial charge >= 0.3 is 0 Å². The van der Waals surface area contributed by atoms with Crippen molar-refractivity contribution in [3.05, 3.63) is 82.1 Å². The van der Waals surface area contributed by atoms with Gasteiger partial charge in [-0.1, -0.05) is 46.7 Å². The van der Waals surface area contributed by atoms with Gasteiger partial charge in [0.15, 0.2) is 5.13 Å². The van der Waals surface area contributed by atoms with Gasteiger partial charge in [-0.05, 0) is 42.5 Å². The summed E-state index contributed by atoms with van der Waals surface area (Å²) in [5.41, 5.74) is 1.74. The van der Waals surface area contributed by atoms with Crippen LogP contribution in [-0.2, 0) is 6.54 Å². The minimum atomic E-state index is -0.287. The van der Waals surface area contributed by atoms with Crippen molar-refractivity contribution in [2.75, 3.05) is 12.0 Å². The van der Waals surface area contributed by atoms with E-state index >= 15 is 0 Å². The van der Waals surface area contributed by atoms with Crippen LogP contribution in [0.4, 0.5) is 5.13 Å². The number of halogens is 2. The van der Waals surface area contributed by atoms with Crippen LogP contribution in [-0.4, -0.2) is 23.0 Å². The number of para-hydroxylation sites is 1. The van der Waals surface area contributed by atoms with Gasteiger partial charge in [-0.25, -0.2) is 4.98 Å². The van der Waals surface area contributed by atoms with Gasteiger partial charge in [-0.15, -0.1) is 0 Å². The Balaban J connectivity index is 1.82. The van der Waals surface area contributed by atoms with Crippen molar-refractivity contribution < 1.29 is 9.53 Å². The number of fused-ring (bicyclic) bond motifs is 1. The number of methoxy groups -OCH3 is 1. The number of hydrogen-bond acceptors (Lipinski definition) is 5. The summed E-state index contributed by atoms with van der Waals surface area (Å²) in [6.07, 6.45) is 1.69. The molecule has 0 fully saturated rings. The van der Waals surface area contributed by atoms with E-state index in [2.05, 4.69) is 9.97 Å². The van der Waals surface area contributed by atoms with E-state index in [1.165, 1.54) is 18.4 Å². The van der Waals surface area contributed by atoms with Gasteiger partial charge < -0.3 is 4.74 Å². The number of pyridine rings is 1. The maximum Gasteiger partial charge on any atom is 0.264 e. The summed E-state index contributed by atoms with van der Waals surface area (Å²) in [5, 5.41) is 1.50. The fourth-order valence-corrected chi connectivity index (χ4v) is 4.33. The summed E-state index contributed by atoms with van der Waals surface area (Å²) in [6, 6.07) is 16.1. The third-order valence-corrected chi connectivity index (χ3v) is 5.86. The van der Waals surface area contributed by atoms with E-state index in [0.29, 0.717) is 32.0 Å². The Morgan fingerprint density at radius 3 is 2.72 bits per heavy atom. The third-order valence-electron chi connectivity index (χ3n) is 4.27. The molecule has 0 N–H and O–H groups in total. The molecule has 0 atom stereocenters. The zero-order valence-corrected chi connectivity index (χ0v) is 17.6. The lowest BCUT2D eigenvalue weighted by Crippen LogP contribution is -2.31. The minimum Gasteiger partial charge on any atom is -0.496 e. The van der Waals surface area contributed by atoms with Crippen LogP contribution in [0.25, 0.3) is 10.2 Å². The largest absolute Gasteiger partial charge is 0.496 e. The molecule has 0 saturated carbocycles. The van der Waals surface area contributed by atoms with Crippen molar-refractivity contribution >= 4 is 55.8 Å². The van der Waals surface area contributed by atoms with Crippen molar-refractivity contribution in [3.8, 4) is 5.75 Å². The topological polar surface area (TPSA) is 55.3 Å². The van der Waals surface area contributed by atoms with Crippen molar-refractivity contribution in [1.29, 1.82) is 0 Å². The first kappa shape index (κ1) is 19.6. The van der Waals surface area contributed by atoms with Crippen molar-refractivity contribution in [1.82, 2.24) is 9.97 Å². The summed E-state index contributed by atoms with van der Waals surface area (Å²) in [6.45, 7) is 0.243. The average Bonchev–Trinajstić information content (AvgIpc) is 3.17. The molecule has 146 valence electrons. The van der Waals surface area contributed by atoms with Crippen LogP contribution in [0.3, 0.4) is 0 Å². The van der Waals surface area contributed by atoms with Gasteiger partial charge in [0.2, 0.25) is 0 Å². The Labute approximate surface area is 181 Å². The standard InChI is InChI=1S/C21H15Cl2N3O2S/c1-28-17-9-8-13(22)11-15(17)20(27)26(12-14-5-2-3-10-24-14)21-25-19-16(23)6-4-7-18(19)29-21/h2-11H,12H2,1H3. The van der Waals surface area contributed by atoms with Gasteiger partial charge in [0, 0.05) is 11.2 Å². The van der Waals surface area contributed by atoms with Crippen LogP contribution in [0.2, 0.25) is 10.0 Å². The Kier molecular flexibility index (Phi) is 5.67. The number of nitrogens with zero attached hydrogens (tertiary/aromatic N) is 3. The maximum atomic E-state index is 13.5. The molecular formula is C21H15Cl2N3O2S. The second kappa shape index (κ2) is 8.37. The number of carbonyl (C=O) groups is 1. The molecule has 0 radical (unpaired) electrons. The van der Waals surface area contributed by atoms with Gasteiger partial charge in [-0.2, -0.15) is 0 Å². The predicted molar refractivity (Wildman–Crippen MR) is 117 cm³/mol. The number of ether oxygens (including phenoxy) is 1. The van der Waals surface area contributed by atoms with Crippen LogP contribution in [0, 0.1) is 0 Å². The van der Waals surface area contributed by atoms with Gasteiger partial charge in [0.05, 0.1) is 34.6 Å². The third kappa shape index (κ3) is 4.05. The molecule has 0 unspecified atom stereocenters. The van der Waals surface area contributed by atoms with Gasteiger partial charge in [0.25, 0.3) is 5.91 Å². The van der Waals surface area contributed by atoms with E-state index in [4.69, 9.17) is 27.9 Å². The van der Waals surface area contributed by atoms with Crippen LogP contribution in [0.5, 0.6) is 5.75 Å². The van der Waals surface area contributed by atoms with E-state index in [9.17, 15) is 4.79 Å². The zero-order chi connectivity index (χ0) is 20.4. The molecule has 8 heteroatoms. The maximum absolute atomic E-state index is 13.5. The molecule has 4 aromatic rings. The lowest BCUT2D eigenvalue weighted by atomic mass is 10.1. The molecule has 4 rings (SSSR count). The molecule has 29 heavy (non-hydrogen) atoms. The molecule has 0 spiro atoms. The number of thiazole rings is 1. The van der Waals surface area contributed by atoms with Crippen molar-refractivity contribution in [2.24, 2.45) is 0 Å². The van der Waals surface area contributed by atoms with Gasteiger partial charge in [0.1, 0.15) is 11.3 Å². The monoisotopic (exact) mass is 443 g/mol. The molecular weight excluding hydrogens is 429 g/mol. The molecule has 0 saturated heterocycles. The molecule has 0 bridgehead atoms. The summed E-state index contributed by atoms with van der Waals surface area (Å²) in [5.74, 6) is 0.148. The van der Waals surface area contributed by atoms with E-state index < -0.39 is 0 Å². The first-order valence-electron chi connectivity index (χ1n) is 8.67. The highest BCUT2D eigenvalue weighted by Gasteiger charge is 2.25. The smallest absolute Gasteiger partial charge is 0.264 e. The van der Waals surface area contributed by atoms with E-state index in [-0.39, 0.29) is 12.5 Å². The SMILES string of the molecule is COc1ccc(Cl)cc1C(=O)N(Cc1ccccn1)c1nc2c(Cl)cccc2s1. The summed E-state index contributed by atoms with van der Waals surface area (Å²) >= 11 is 13.8. The molecule has 2 aromatic heterocycles. The fourth-order valence-electron chi connectivity index (χ4n) is 2.89. The highest BCUT2D eigenvalue weighted by Crippen LogP contribution is 2.35. The lowest BCUT2D eigenvalue weighted by molar-refractivity contribution is 0.0982. The van der Waals surface area contributed by atoms with E-state index in [0.717, 1.165) is 10.4 Å². The number of carbonyl (C=O) groups excluding carboxylic acids is 1. The number of hydrogen-bond donors (Lipinski definition) is 0. The van der Waals surface area contributed by atoms with Gasteiger partial charge in [-0.3, -0.25) is 14.7 Å². The number of amides is 1. The predicted octanol–water partition coefficient (Wildman–Crippen LogP) is 5.85. The van der Waals surface area contributed by atoms with Crippen LogP contribution >= 0.6 is 34.5 Å². The van der Waals surface area contributed by atoms with Crippen LogP contribution in [0.1, 0.15) is 16.1 Å². The summed E-state index contributed by atoms with van der Waals surface area (Å²) < 4.78 is 6.27. The Morgan fingerprint density at radius 1 is 1.14 bits per heavy atom. The lowest BCUT2D eigenvalue weighted by Gasteiger charge is -2.21. The molecule has 5 nitrogen and oxygen atoms in total. The highest BCUT2D eigenvalue weighted by molar-refractivity contribution is 7.22. The quantitative estimate of drug-likeness (QED) is 0.387. The van der Waals surface area contributed by atoms with Crippen molar-refractivity contribution in [3.63, 3.8) is 0 Å². The Hall–Kier alpha value is -2.67. The number of anilines is 1. The molecule has 0 aliphatic heterocycles. The molecule has 2 heterocycles. The van der Waals surface area contributed by atoms with Crippen molar-refractivity contribution in [2.45, 2.75) is 6.54 Å². The highest BCUT2D eigenvalue weighted by atomic mass is 35.5. The molecule has 2 aromatic carbocycles. The molecule has 1 amide bonds. The van der Waals surface area contributed by atoms with Crippen LogP contribution in [0.15, 0.2) is 60.8 Å². The molecule has 0 aliphatic carbocycles. The van der Waals surface area contributed by atoms with E-state index in [1.807, 2.05) is 30.3 Å². The van der Waals surface area contributed by atoms with E-state index in [1.54, 1.807) is 35.4 Å². The number of benzene rings is 2. The summed E-state index contributed by atoms with van der Waals surface area (Å²) in [4.78, 5) is 24.1. The zero-order valence-electron chi connectivity index (χ0n) is 15.3. The average molecular weight is 444 g/mol. The first-order valence-corrected chi connectivity index (χ1v) is 10.2. The first-order chi connectivity index (χ1) is 14.1. The minimum absolute atomic E-state index is 0.243. The molecule has 0 aliphatic rings. The Morgan fingerprint density at radius 2 is 2.00 bits per heavy atom. The Bertz CT molecular complexity index is 1180. The second-order valence-corrected chi connectivity index (χ2v) is 7.99. The normalized spacial score (nSPS) is 10.9.